The first-order valence-corrected chi connectivity index (χ1v) is 10.1. The number of rotatable bonds is 9. The van der Waals surface area contributed by atoms with Crippen LogP contribution in [0.5, 0.6) is 5.75 Å². The van der Waals surface area contributed by atoms with E-state index in [4.69, 9.17) is 4.74 Å². The molecule has 0 aromatic heterocycles. The van der Waals surface area contributed by atoms with Crippen molar-refractivity contribution in [1.29, 1.82) is 0 Å². The number of ether oxygens (including phenoxy) is 1. The molecule has 154 valence electrons. The lowest BCUT2D eigenvalue weighted by Crippen LogP contribution is -2.16. The fourth-order valence-corrected chi connectivity index (χ4v) is 2.98. The fraction of sp³-hybridized carbons (Fsp3) is 0.200. The largest absolute Gasteiger partial charge is 0.494 e. The minimum absolute atomic E-state index is 0.0908. The van der Waals surface area contributed by atoms with E-state index in [9.17, 15) is 9.59 Å². The maximum Gasteiger partial charge on any atom is 0.255 e. The number of hydrogen-bond donors (Lipinski definition) is 2. The maximum atomic E-state index is 12.4. The van der Waals surface area contributed by atoms with Crippen LogP contribution in [0.4, 0.5) is 11.4 Å². The second-order valence-corrected chi connectivity index (χ2v) is 7.04. The Labute approximate surface area is 177 Å². The minimum Gasteiger partial charge on any atom is -0.494 e. The average molecular weight is 402 g/mol. The highest BCUT2D eigenvalue weighted by Gasteiger charge is 2.10. The van der Waals surface area contributed by atoms with E-state index in [0.717, 1.165) is 24.2 Å². The van der Waals surface area contributed by atoms with E-state index in [1.54, 1.807) is 24.3 Å². The first-order valence-electron chi connectivity index (χ1n) is 10.1. The fourth-order valence-electron chi connectivity index (χ4n) is 2.98. The van der Waals surface area contributed by atoms with Crippen molar-refractivity contribution in [3.8, 4) is 5.75 Å². The third-order valence-corrected chi connectivity index (χ3v) is 4.54. The Morgan fingerprint density at radius 2 is 1.50 bits per heavy atom. The molecule has 5 heteroatoms. The Morgan fingerprint density at radius 3 is 2.23 bits per heavy atom. The lowest BCUT2D eigenvalue weighted by atomic mass is 10.2. The second kappa shape index (κ2) is 10.8. The molecule has 0 atom stereocenters. The molecule has 0 fully saturated rings. The zero-order valence-electron chi connectivity index (χ0n) is 17.1. The van der Waals surface area contributed by atoms with E-state index in [-0.39, 0.29) is 11.8 Å². The molecule has 3 aromatic carbocycles. The van der Waals surface area contributed by atoms with Crippen LogP contribution in [-0.2, 0) is 4.79 Å². The molecule has 0 heterocycles. The monoisotopic (exact) mass is 402 g/mol. The van der Waals surface area contributed by atoms with Crippen molar-refractivity contribution in [1.82, 2.24) is 0 Å². The number of benzene rings is 3. The summed E-state index contributed by atoms with van der Waals surface area (Å²) < 4.78 is 5.71. The Bertz CT molecular complexity index is 986. The highest BCUT2D eigenvalue weighted by molar-refractivity contribution is 6.07. The number of para-hydroxylation sites is 2. The Morgan fingerprint density at radius 1 is 0.800 bits per heavy atom. The van der Waals surface area contributed by atoms with Gasteiger partial charge in [0, 0.05) is 12.0 Å². The summed E-state index contributed by atoms with van der Waals surface area (Å²) >= 11 is 0. The zero-order valence-corrected chi connectivity index (χ0v) is 17.1. The molecule has 30 heavy (non-hydrogen) atoms. The van der Waals surface area contributed by atoms with Crippen LogP contribution in [0.1, 0.15) is 35.2 Å². The topological polar surface area (TPSA) is 67.4 Å². The van der Waals surface area contributed by atoms with Crippen molar-refractivity contribution in [3.05, 3.63) is 90.0 Å². The summed E-state index contributed by atoms with van der Waals surface area (Å²) in [5.41, 5.74) is 2.88. The molecular weight excluding hydrogens is 376 g/mol. The molecule has 5 nitrogen and oxygen atoms in total. The third-order valence-electron chi connectivity index (χ3n) is 4.54. The highest BCUT2D eigenvalue weighted by atomic mass is 16.5. The van der Waals surface area contributed by atoms with Crippen LogP contribution in [0.25, 0.3) is 0 Å². The van der Waals surface area contributed by atoms with Crippen molar-refractivity contribution in [2.75, 3.05) is 17.2 Å². The summed E-state index contributed by atoms with van der Waals surface area (Å²) in [6.45, 7) is 2.60. The molecule has 3 rings (SSSR count). The summed E-state index contributed by atoms with van der Waals surface area (Å²) in [6.07, 6.45) is 1.89. The summed E-state index contributed by atoms with van der Waals surface area (Å²) in [5.74, 6) is 0.542. The molecule has 2 N–H and O–H groups in total. The molecule has 2 amide bonds. The summed E-state index contributed by atoms with van der Waals surface area (Å²) in [4.78, 5) is 24.7. The first kappa shape index (κ1) is 21.1. The number of carbonyl (C=O) groups excluding carboxylic acids is 2. The van der Waals surface area contributed by atoms with Crippen LogP contribution in [-0.4, -0.2) is 18.4 Å². The minimum atomic E-state index is -0.217. The number of anilines is 2. The number of aryl methyl sites for hydroxylation is 1. The standard InChI is InChI=1S/C25H26N2O3/c1-19-10-9-13-21(18-19)30-17-8-7-16-24(28)26-22-14-5-6-15-23(22)27-25(29)20-11-3-2-4-12-20/h2-6,9-15,18H,7-8,16-17H2,1H3,(H,26,28)(H,27,29). The lowest BCUT2D eigenvalue weighted by molar-refractivity contribution is -0.116. The predicted octanol–water partition coefficient (Wildman–Crippen LogP) is 5.44. The van der Waals surface area contributed by atoms with Gasteiger partial charge in [-0.3, -0.25) is 9.59 Å². The summed E-state index contributed by atoms with van der Waals surface area (Å²) in [5, 5.41) is 5.75. The van der Waals surface area contributed by atoms with Crippen molar-refractivity contribution in [2.24, 2.45) is 0 Å². The number of unbranched alkanes of at least 4 members (excludes halogenated alkanes) is 1. The second-order valence-electron chi connectivity index (χ2n) is 7.04. The quantitative estimate of drug-likeness (QED) is 0.469. The molecule has 0 unspecified atom stereocenters. The van der Waals surface area contributed by atoms with Gasteiger partial charge in [-0.1, -0.05) is 42.5 Å². The van der Waals surface area contributed by atoms with Crippen molar-refractivity contribution < 1.29 is 14.3 Å². The van der Waals surface area contributed by atoms with E-state index in [0.29, 0.717) is 30.0 Å². The van der Waals surface area contributed by atoms with Gasteiger partial charge in [-0.15, -0.1) is 0 Å². The van der Waals surface area contributed by atoms with E-state index in [1.165, 1.54) is 0 Å². The van der Waals surface area contributed by atoms with Gasteiger partial charge >= 0.3 is 0 Å². The lowest BCUT2D eigenvalue weighted by Gasteiger charge is -2.12. The Kier molecular flexibility index (Phi) is 7.61. The van der Waals surface area contributed by atoms with Gasteiger partial charge in [-0.2, -0.15) is 0 Å². The van der Waals surface area contributed by atoms with Crippen molar-refractivity contribution >= 4 is 23.2 Å². The summed E-state index contributed by atoms with van der Waals surface area (Å²) in [6, 6.07) is 24.1. The number of carbonyl (C=O) groups is 2. The van der Waals surface area contributed by atoms with Crippen LogP contribution in [0.3, 0.4) is 0 Å². The van der Waals surface area contributed by atoms with E-state index in [2.05, 4.69) is 10.6 Å². The molecule has 0 saturated carbocycles. The van der Waals surface area contributed by atoms with Gasteiger partial charge in [-0.25, -0.2) is 0 Å². The Hall–Kier alpha value is -3.60. The molecule has 0 aliphatic rings. The molecule has 0 bridgehead atoms. The van der Waals surface area contributed by atoms with Gasteiger partial charge in [0.25, 0.3) is 5.91 Å². The molecule has 0 aliphatic heterocycles. The van der Waals surface area contributed by atoms with Gasteiger partial charge in [0.1, 0.15) is 5.75 Å². The number of nitrogens with one attached hydrogen (secondary N) is 2. The van der Waals surface area contributed by atoms with Gasteiger partial charge in [0.15, 0.2) is 0 Å². The normalized spacial score (nSPS) is 10.3. The SMILES string of the molecule is Cc1cccc(OCCCCC(=O)Nc2ccccc2NC(=O)c2ccccc2)c1. The van der Waals surface area contributed by atoms with Crippen molar-refractivity contribution in [3.63, 3.8) is 0 Å². The van der Waals surface area contributed by atoms with Gasteiger partial charge < -0.3 is 15.4 Å². The maximum absolute atomic E-state index is 12.4. The molecule has 0 radical (unpaired) electrons. The smallest absolute Gasteiger partial charge is 0.255 e. The van der Waals surface area contributed by atoms with E-state index < -0.39 is 0 Å². The van der Waals surface area contributed by atoms with Crippen LogP contribution in [0.15, 0.2) is 78.9 Å². The molecule has 3 aromatic rings. The molecule has 0 spiro atoms. The summed E-state index contributed by atoms with van der Waals surface area (Å²) in [7, 11) is 0. The molecule has 0 aliphatic carbocycles. The van der Waals surface area contributed by atoms with Gasteiger partial charge in [-0.05, 0) is 61.7 Å². The van der Waals surface area contributed by atoms with E-state index in [1.807, 2.05) is 61.5 Å². The first-order chi connectivity index (χ1) is 14.6. The molecular formula is C25H26N2O3. The zero-order chi connectivity index (χ0) is 21.2. The van der Waals surface area contributed by atoms with E-state index >= 15 is 0 Å². The highest BCUT2D eigenvalue weighted by Crippen LogP contribution is 2.22. The van der Waals surface area contributed by atoms with Crippen LogP contribution in [0.2, 0.25) is 0 Å². The van der Waals surface area contributed by atoms with Gasteiger partial charge in [0.05, 0.1) is 18.0 Å². The number of amides is 2. The third kappa shape index (κ3) is 6.48. The van der Waals surface area contributed by atoms with Crippen LogP contribution >= 0.6 is 0 Å². The van der Waals surface area contributed by atoms with Crippen LogP contribution in [0, 0.1) is 6.92 Å². The number of hydrogen-bond acceptors (Lipinski definition) is 3. The predicted molar refractivity (Wildman–Crippen MR) is 120 cm³/mol. The molecule has 0 saturated heterocycles. The van der Waals surface area contributed by atoms with Gasteiger partial charge in [0.2, 0.25) is 5.91 Å². The van der Waals surface area contributed by atoms with Crippen molar-refractivity contribution in [2.45, 2.75) is 26.2 Å². The van der Waals surface area contributed by atoms with Crippen LogP contribution < -0.4 is 15.4 Å². The Balaban J connectivity index is 1.45. The average Bonchev–Trinajstić information content (AvgIpc) is 2.75.